The standard InChI is InChI=1S/C24H24N2O4S/c1-17-9-12-19(13-10-17)26(31(2,28)29)15-5-8-24(27)25-18-11-14-21-20-6-3-4-7-22(20)30-23(21)16-18/h3-4,6-7,9-14,16H,5,8,15H2,1-2H3,(H,25,27). The summed E-state index contributed by atoms with van der Waals surface area (Å²) in [5.74, 6) is -0.173. The van der Waals surface area contributed by atoms with E-state index in [2.05, 4.69) is 5.32 Å². The maximum atomic E-state index is 12.4. The molecule has 31 heavy (non-hydrogen) atoms. The van der Waals surface area contributed by atoms with Crippen molar-refractivity contribution in [2.24, 2.45) is 0 Å². The Kier molecular flexibility index (Phi) is 5.69. The highest BCUT2D eigenvalue weighted by molar-refractivity contribution is 7.92. The molecule has 4 aromatic rings. The molecule has 4 rings (SSSR count). The van der Waals surface area contributed by atoms with E-state index in [1.165, 1.54) is 10.6 Å². The van der Waals surface area contributed by atoms with E-state index in [4.69, 9.17) is 4.42 Å². The summed E-state index contributed by atoms with van der Waals surface area (Å²) in [5.41, 5.74) is 3.82. The molecule has 6 nitrogen and oxygen atoms in total. The first-order valence-corrected chi connectivity index (χ1v) is 11.9. The zero-order chi connectivity index (χ0) is 22.0. The number of benzene rings is 3. The van der Waals surface area contributed by atoms with Gasteiger partial charge in [-0.15, -0.1) is 0 Å². The lowest BCUT2D eigenvalue weighted by Crippen LogP contribution is -2.31. The van der Waals surface area contributed by atoms with Crippen LogP contribution < -0.4 is 9.62 Å². The quantitative estimate of drug-likeness (QED) is 0.438. The smallest absolute Gasteiger partial charge is 0.232 e. The van der Waals surface area contributed by atoms with Gasteiger partial charge in [0.05, 0.1) is 11.9 Å². The zero-order valence-electron chi connectivity index (χ0n) is 17.5. The minimum atomic E-state index is -3.44. The number of nitrogens with zero attached hydrogens (tertiary/aromatic N) is 1. The number of aryl methyl sites for hydroxylation is 1. The molecule has 0 saturated heterocycles. The molecule has 0 bridgehead atoms. The average molecular weight is 437 g/mol. The van der Waals surface area contributed by atoms with Crippen molar-refractivity contribution in [3.8, 4) is 0 Å². The molecule has 0 fully saturated rings. The molecule has 0 spiro atoms. The number of furan rings is 1. The summed E-state index contributed by atoms with van der Waals surface area (Å²) in [6.45, 7) is 2.18. The van der Waals surface area contributed by atoms with Crippen molar-refractivity contribution in [2.75, 3.05) is 22.4 Å². The monoisotopic (exact) mass is 436 g/mol. The number of hydrogen-bond donors (Lipinski definition) is 1. The number of para-hydroxylation sites is 1. The van der Waals surface area contributed by atoms with Crippen LogP contribution in [0.5, 0.6) is 0 Å². The van der Waals surface area contributed by atoms with Crippen LogP contribution in [-0.2, 0) is 14.8 Å². The summed E-state index contributed by atoms with van der Waals surface area (Å²) in [4.78, 5) is 12.4. The second-order valence-electron chi connectivity index (χ2n) is 7.63. The largest absolute Gasteiger partial charge is 0.456 e. The highest BCUT2D eigenvalue weighted by Crippen LogP contribution is 2.30. The third-order valence-corrected chi connectivity index (χ3v) is 6.34. The first-order chi connectivity index (χ1) is 14.8. The summed E-state index contributed by atoms with van der Waals surface area (Å²) in [6, 6.07) is 20.7. The number of anilines is 2. The molecule has 0 aliphatic rings. The van der Waals surface area contributed by atoms with E-state index in [-0.39, 0.29) is 18.9 Å². The molecule has 0 unspecified atom stereocenters. The molecule has 0 radical (unpaired) electrons. The predicted octanol–water partition coefficient (Wildman–Crippen LogP) is 5.08. The third kappa shape index (κ3) is 4.72. The molecule has 0 aliphatic heterocycles. The number of nitrogens with one attached hydrogen (secondary N) is 1. The van der Waals surface area contributed by atoms with Crippen molar-refractivity contribution >= 4 is 49.2 Å². The molecule has 0 atom stereocenters. The Bertz CT molecular complexity index is 1340. The van der Waals surface area contributed by atoms with Gasteiger partial charge in [0.15, 0.2) is 0 Å². The van der Waals surface area contributed by atoms with E-state index >= 15 is 0 Å². The number of sulfonamides is 1. The van der Waals surface area contributed by atoms with Crippen molar-refractivity contribution < 1.29 is 17.6 Å². The van der Waals surface area contributed by atoms with Crippen molar-refractivity contribution in [1.29, 1.82) is 0 Å². The van der Waals surface area contributed by atoms with Crippen LogP contribution >= 0.6 is 0 Å². The van der Waals surface area contributed by atoms with Gasteiger partial charge in [-0.25, -0.2) is 8.42 Å². The van der Waals surface area contributed by atoms with Crippen LogP contribution in [0.3, 0.4) is 0 Å². The number of fused-ring (bicyclic) bond motifs is 3. The van der Waals surface area contributed by atoms with E-state index < -0.39 is 10.0 Å². The van der Waals surface area contributed by atoms with Gasteiger partial charge in [-0.3, -0.25) is 9.10 Å². The topological polar surface area (TPSA) is 79.6 Å². The van der Waals surface area contributed by atoms with Gasteiger partial charge in [-0.2, -0.15) is 0 Å². The molecule has 0 aliphatic carbocycles. The van der Waals surface area contributed by atoms with E-state index in [0.717, 1.165) is 21.9 Å². The molecule has 1 amide bonds. The fourth-order valence-corrected chi connectivity index (χ4v) is 4.57. The van der Waals surface area contributed by atoms with Gasteiger partial charge in [0.2, 0.25) is 15.9 Å². The fourth-order valence-electron chi connectivity index (χ4n) is 3.61. The Hall–Kier alpha value is -3.32. The predicted molar refractivity (Wildman–Crippen MR) is 125 cm³/mol. The van der Waals surface area contributed by atoms with Gasteiger partial charge in [0, 0.05) is 35.5 Å². The van der Waals surface area contributed by atoms with E-state index in [0.29, 0.717) is 23.4 Å². The SMILES string of the molecule is Cc1ccc(N(CCCC(=O)Nc2ccc3c(c2)oc2ccccc23)S(C)(=O)=O)cc1. The average Bonchev–Trinajstić information content (AvgIpc) is 3.09. The molecule has 0 saturated carbocycles. The second kappa shape index (κ2) is 8.43. The van der Waals surface area contributed by atoms with Gasteiger partial charge in [0.1, 0.15) is 11.2 Å². The summed E-state index contributed by atoms with van der Waals surface area (Å²) in [7, 11) is -3.44. The Morgan fingerprint density at radius 1 is 0.968 bits per heavy atom. The van der Waals surface area contributed by atoms with Crippen LogP contribution in [0.4, 0.5) is 11.4 Å². The number of carbonyl (C=O) groups excluding carboxylic acids is 1. The summed E-state index contributed by atoms with van der Waals surface area (Å²) < 4.78 is 31.6. The van der Waals surface area contributed by atoms with Crippen LogP contribution in [0.1, 0.15) is 18.4 Å². The number of rotatable bonds is 7. The molecular formula is C24H24N2O4S. The van der Waals surface area contributed by atoms with Crippen LogP contribution in [0, 0.1) is 6.92 Å². The molecule has 1 N–H and O–H groups in total. The lowest BCUT2D eigenvalue weighted by atomic mass is 10.1. The third-order valence-electron chi connectivity index (χ3n) is 5.15. The maximum absolute atomic E-state index is 12.4. The zero-order valence-corrected chi connectivity index (χ0v) is 18.3. The number of carbonyl (C=O) groups is 1. The van der Waals surface area contributed by atoms with Crippen LogP contribution in [0.25, 0.3) is 21.9 Å². The summed E-state index contributed by atoms with van der Waals surface area (Å²) in [6.07, 6.45) is 1.78. The lowest BCUT2D eigenvalue weighted by molar-refractivity contribution is -0.116. The lowest BCUT2D eigenvalue weighted by Gasteiger charge is -2.22. The molecule has 3 aromatic carbocycles. The number of amides is 1. The maximum Gasteiger partial charge on any atom is 0.232 e. The molecule has 1 aromatic heterocycles. The van der Waals surface area contributed by atoms with Gasteiger partial charge in [-0.1, -0.05) is 35.9 Å². The first kappa shape index (κ1) is 20.9. The highest BCUT2D eigenvalue weighted by atomic mass is 32.2. The molecule has 7 heteroatoms. The van der Waals surface area contributed by atoms with Crippen molar-refractivity contribution in [3.63, 3.8) is 0 Å². The van der Waals surface area contributed by atoms with Gasteiger partial charge < -0.3 is 9.73 Å². The van der Waals surface area contributed by atoms with Gasteiger partial charge >= 0.3 is 0 Å². The van der Waals surface area contributed by atoms with Crippen molar-refractivity contribution in [2.45, 2.75) is 19.8 Å². The van der Waals surface area contributed by atoms with E-state index in [1.807, 2.05) is 61.5 Å². The minimum Gasteiger partial charge on any atom is -0.456 e. The Morgan fingerprint density at radius 3 is 2.42 bits per heavy atom. The second-order valence-corrected chi connectivity index (χ2v) is 9.54. The Labute approximate surface area is 181 Å². The van der Waals surface area contributed by atoms with E-state index in [1.54, 1.807) is 12.1 Å². The normalized spacial score (nSPS) is 11.7. The first-order valence-electron chi connectivity index (χ1n) is 10.1. The molecular weight excluding hydrogens is 412 g/mol. The summed E-state index contributed by atoms with van der Waals surface area (Å²) in [5, 5.41) is 4.90. The van der Waals surface area contributed by atoms with Crippen LogP contribution in [-0.4, -0.2) is 27.1 Å². The van der Waals surface area contributed by atoms with E-state index in [9.17, 15) is 13.2 Å². The Morgan fingerprint density at radius 2 is 1.68 bits per heavy atom. The molecule has 160 valence electrons. The molecule has 1 heterocycles. The van der Waals surface area contributed by atoms with Crippen LogP contribution in [0.15, 0.2) is 71.1 Å². The van der Waals surface area contributed by atoms with Crippen LogP contribution in [0.2, 0.25) is 0 Å². The minimum absolute atomic E-state index is 0.173. The highest BCUT2D eigenvalue weighted by Gasteiger charge is 2.17. The summed E-state index contributed by atoms with van der Waals surface area (Å²) >= 11 is 0. The van der Waals surface area contributed by atoms with Gasteiger partial charge in [-0.05, 0) is 43.7 Å². The van der Waals surface area contributed by atoms with Gasteiger partial charge in [0.25, 0.3) is 0 Å². The fraction of sp³-hybridized carbons (Fsp3) is 0.208. The number of hydrogen-bond acceptors (Lipinski definition) is 4. The van der Waals surface area contributed by atoms with Crippen molar-refractivity contribution in [3.05, 3.63) is 72.3 Å². The van der Waals surface area contributed by atoms with Crippen molar-refractivity contribution in [1.82, 2.24) is 0 Å². The Balaban J connectivity index is 1.40.